The van der Waals surface area contributed by atoms with Crippen LogP contribution in [0.25, 0.3) is 6.08 Å². The molecule has 0 aromatic heterocycles. The fourth-order valence-electron chi connectivity index (χ4n) is 1.66. The van der Waals surface area contributed by atoms with Gasteiger partial charge in [0, 0.05) is 22.7 Å². The summed E-state index contributed by atoms with van der Waals surface area (Å²) in [5, 5.41) is 19.0. The van der Waals surface area contributed by atoms with Crippen molar-refractivity contribution in [2.45, 2.75) is 6.61 Å². The molecule has 2 aromatic rings. The van der Waals surface area contributed by atoms with Gasteiger partial charge in [-0.3, -0.25) is 0 Å². The van der Waals surface area contributed by atoms with Crippen molar-refractivity contribution in [3.63, 3.8) is 0 Å². The number of aromatic hydroxyl groups is 1. The molecule has 21 heavy (non-hydrogen) atoms. The van der Waals surface area contributed by atoms with Crippen LogP contribution >= 0.6 is 11.6 Å². The van der Waals surface area contributed by atoms with E-state index in [2.05, 4.69) is 0 Å². The lowest BCUT2D eigenvalue weighted by Gasteiger charge is -2.08. The average molecular weight is 305 g/mol. The fraction of sp³-hybridized carbons (Fsp3) is 0.0625. The molecule has 2 aromatic carbocycles. The minimum absolute atomic E-state index is 0.0406. The summed E-state index contributed by atoms with van der Waals surface area (Å²) in [5.74, 6) is -0.617. The first-order valence-corrected chi connectivity index (χ1v) is 6.53. The van der Waals surface area contributed by atoms with E-state index in [1.54, 1.807) is 24.3 Å². The van der Waals surface area contributed by atoms with Crippen LogP contribution in [0.4, 0.5) is 0 Å². The molecule has 0 unspecified atom stereocenters. The van der Waals surface area contributed by atoms with E-state index >= 15 is 0 Å². The lowest BCUT2D eigenvalue weighted by atomic mass is 10.1. The second kappa shape index (κ2) is 6.81. The number of benzene rings is 2. The lowest BCUT2D eigenvalue weighted by Crippen LogP contribution is -1.95. The monoisotopic (exact) mass is 304 g/mol. The summed E-state index contributed by atoms with van der Waals surface area (Å²) in [6.45, 7) is 0.348. The predicted molar refractivity (Wildman–Crippen MR) is 80.6 cm³/mol. The van der Waals surface area contributed by atoms with Crippen molar-refractivity contribution in [2.24, 2.45) is 0 Å². The Balaban J connectivity index is 2.03. The second-order valence-electron chi connectivity index (χ2n) is 4.31. The normalized spacial score (nSPS) is 10.7. The molecule has 0 heterocycles. The van der Waals surface area contributed by atoms with Crippen molar-refractivity contribution in [3.05, 3.63) is 64.7 Å². The highest BCUT2D eigenvalue weighted by atomic mass is 35.5. The van der Waals surface area contributed by atoms with Crippen LogP contribution in [0.15, 0.2) is 48.5 Å². The zero-order valence-electron chi connectivity index (χ0n) is 11.0. The minimum atomic E-state index is -1.07. The van der Waals surface area contributed by atoms with Crippen LogP contribution in [0.2, 0.25) is 5.02 Å². The highest BCUT2D eigenvalue weighted by Gasteiger charge is 2.02. The number of aliphatic carboxylic acids is 1. The number of carboxylic acids is 1. The van der Waals surface area contributed by atoms with E-state index in [1.807, 2.05) is 12.1 Å². The van der Waals surface area contributed by atoms with Gasteiger partial charge in [0.1, 0.15) is 18.1 Å². The number of hydrogen-bond acceptors (Lipinski definition) is 3. The maximum Gasteiger partial charge on any atom is 0.328 e. The molecular weight excluding hydrogens is 292 g/mol. The van der Waals surface area contributed by atoms with Crippen LogP contribution in [0.5, 0.6) is 11.5 Å². The summed E-state index contributed by atoms with van der Waals surface area (Å²) in [4.78, 5) is 10.4. The zero-order chi connectivity index (χ0) is 15.2. The van der Waals surface area contributed by atoms with E-state index in [1.165, 1.54) is 12.1 Å². The topological polar surface area (TPSA) is 66.8 Å². The Hall–Kier alpha value is -2.46. The quantitative estimate of drug-likeness (QED) is 0.826. The van der Waals surface area contributed by atoms with Gasteiger partial charge in [-0.05, 0) is 35.9 Å². The van der Waals surface area contributed by atoms with Crippen molar-refractivity contribution in [1.29, 1.82) is 0 Å². The fourth-order valence-corrected chi connectivity index (χ4v) is 1.79. The molecule has 0 fully saturated rings. The Morgan fingerprint density at radius 2 is 1.90 bits per heavy atom. The third-order valence-corrected chi connectivity index (χ3v) is 2.98. The molecule has 2 rings (SSSR count). The summed E-state index contributed by atoms with van der Waals surface area (Å²) in [6, 6.07) is 12.0. The second-order valence-corrected chi connectivity index (χ2v) is 4.74. The maximum atomic E-state index is 10.4. The van der Waals surface area contributed by atoms with Crippen LogP contribution in [0.3, 0.4) is 0 Å². The van der Waals surface area contributed by atoms with E-state index in [4.69, 9.17) is 21.4 Å². The third kappa shape index (κ3) is 4.54. The molecule has 0 atom stereocenters. The smallest absolute Gasteiger partial charge is 0.328 e. The van der Waals surface area contributed by atoms with Gasteiger partial charge in [-0.15, -0.1) is 0 Å². The molecule has 0 aliphatic carbocycles. The van der Waals surface area contributed by atoms with Crippen LogP contribution in [-0.2, 0) is 11.4 Å². The SMILES string of the molecule is O=C(O)C=Cc1ccc(OCc2ccc(Cl)cc2)cc1O. The van der Waals surface area contributed by atoms with Gasteiger partial charge in [-0.2, -0.15) is 0 Å². The number of phenolic OH excluding ortho intramolecular Hbond substituents is 1. The van der Waals surface area contributed by atoms with Crippen LogP contribution in [-0.4, -0.2) is 16.2 Å². The van der Waals surface area contributed by atoms with Crippen molar-refractivity contribution in [3.8, 4) is 11.5 Å². The Labute approximate surface area is 126 Å². The number of phenols is 1. The Kier molecular flexibility index (Phi) is 4.85. The molecule has 5 heteroatoms. The van der Waals surface area contributed by atoms with E-state index in [-0.39, 0.29) is 5.75 Å². The van der Waals surface area contributed by atoms with Gasteiger partial charge in [0.05, 0.1) is 0 Å². The van der Waals surface area contributed by atoms with Crippen molar-refractivity contribution in [1.82, 2.24) is 0 Å². The highest BCUT2D eigenvalue weighted by molar-refractivity contribution is 6.30. The number of carboxylic acid groups (broad SMARTS) is 1. The zero-order valence-corrected chi connectivity index (χ0v) is 11.7. The number of rotatable bonds is 5. The molecule has 2 N–H and O–H groups in total. The summed E-state index contributed by atoms with van der Waals surface area (Å²) in [5.41, 5.74) is 1.37. The molecule has 0 amide bonds. The van der Waals surface area contributed by atoms with Crippen LogP contribution in [0.1, 0.15) is 11.1 Å². The van der Waals surface area contributed by atoms with E-state index < -0.39 is 5.97 Å². The number of halogens is 1. The van der Waals surface area contributed by atoms with Gasteiger partial charge in [0.15, 0.2) is 0 Å². The number of ether oxygens (including phenoxy) is 1. The maximum absolute atomic E-state index is 10.4. The van der Waals surface area contributed by atoms with Crippen LogP contribution < -0.4 is 4.74 Å². The Morgan fingerprint density at radius 1 is 1.19 bits per heavy atom. The molecule has 0 aliphatic heterocycles. The van der Waals surface area contributed by atoms with Gasteiger partial charge in [-0.1, -0.05) is 23.7 Å². The lowest BCUT2D eigenvalue weighted by molar-refractivity contribution is -0.131. The van der Waals surface area contributed by atoms with Gasteiger partial charge in [0.25, 0.3) is 0 Å². The van der Waals surface area contributed by atoms with E-state index in [0.29, 0.717) is 22.9 Å². The minimum Gasteiger partial charge on any atom is -0.507 e. The largest absolute Gasteiger partial charge is 0.507 e. The van der Waals surface area contributed by atoms with Crippen LogP contribution in [0, 0.1) is 0 Å². The summed E-state index contributed by atoms with van der Waals surface area (Å²) in [7, 11) is 0. The first-order valence-electron chi connectivity index (χ1n) is 6.16. The molecule has 0 saturated heterocycles. The highest BCUT2D eigenvalue weighted by Crippen LogP contribution is 2.25. The molecular formula is C16H13ClO4. The van der Waals surface area contributed by atoms with Gasteiger partial charge in [-0.25, -0.2) is 4.79 Å². The van der Waals surface area contributed by atoms with E-state index in [9.17, 15) is 9.90 Å². The molecule has 0 spiro atoms. The van der Waals surface area contributed by atoms with E-state index in [0.717, 1.165) is 11.6 Å². The predicted octanol–water partition coefficient (Wildman–Crippen LogP) is 3.72. The molecule has 0 radical (unpaired) electrons. The van der Waals surface area contributed by atoms with Gasteiger partial charge < -0.3 is 14.9 Å². The van der Waals surface area contributed by atoms with Crippen molar-refractivity contribution >= 4 is 23.6 Å². The average Bonchev–Trinajstić information content (AvgIpc) is 2.45. The molecule has 0 aliphatic rings. The Morgan fingerprint density at radius 3 is 2.52 bits per heavy atom. The standard InChI is InChI=1S/C16H13ClO4/c17-13-5-1-11(2-6-13)10-21-14-7-3-12(15(18)9-14)4-8-16(19)20/h1-9,18H,10H2,(H,19,20). The molecule has 4 nitrogen and oxygen atoms in total. The first-order chi connectivity index (χ1) is 10.0. The van der Waals surface area contributed by atoms with Gasteiger partial charge >= 0.3 is 5.97 Å². The van der Waals surface area contributed by atoms with Crippen molar-refractivity contribution in [2.75, 3.05) is 0 Å². The molecule has 0 bridgehead atoms. The summed E-state index contributed by atoms with van der Waals surface area (Å²) in [6.07, 6.45) is 2.28. The first kappa shape index (κ1) is 14.9. The summed E-state index contributed by atoms with van der Waals surface area (Å²) >= 11 is 5.80. The van der Waals surface area contributed by atoms with Gasteiger partial charge in [0.2, 0.25) is 0 Å². The number of carbonyl (C=O) groups is 1. The third-order valence-electron chi connectivity index (χ3n) is 2.73. The summed E-state index contributed by atoms with van der Waals surface area (Å²) < 4.78 is 5.55. The van der Waals surface area contributed by atoms with Crippen molar-refractivity contribution < 1.29 is 19.7 Å². The molecule has 108 valence electrons. The number of hydrogen-bond donors (Lipinski definition) is 2. The molecule has 0 saturated carbocycles. The Bertz CT molecular complexity index is 662.